The van der Waals surface area contributed by atoms with Crippen LogP contribution in [0.2, 0.25) is 0 Å². The van der Waals surface area contributed by atoms with Gasteiger partial charge in [0, 0.05) is 5.92 Å². The van der Waals surface area contributed by atoms with E-state index in [1.807, 2.05) is 0 Å². The lowest BCUT2D eigenvalue weighted by atomic mass is 9.85. The van der Waals surface area contributed by atoms with Crippen molar-refractivity contribution >= 4 is 5.97 Å². The third-order valence-corrected chi connectivity index (χ3v) is 3.10. The van der Waals surface area contributed by atoms with Gasteiger partial charge in [0.25, 0.3) is 0 Å². The predicted molar refractivity (Wildman–Crippen MR) is 70.3 cm³/mol. The molecule has 0 amide bonds. The first-order valence-corrected chi connectivity index (χ1v) is 5.98. The number of halogens is 2. The number of benzene rings is 2. The molecule has 104 valence electrons. The molecule has 0 aromatic heterocycles. The Hall–Kier alpha value is -2.27. The third kappa shape index (κ3) is 3.00. The van der Waals surface area contributed by atoms with Crippen LogP contribution in [-0.2, 0) is 4.79 Å². The summed E-state index contributed by atoms with van der Waals surface area (Å²) in [5.74, 6) is -2.69. The maximum absolute atomic E-state index is 13.0. The standard InChI is InChI=1S/C15H13F2NO2/c16-11-5-1-9(2-6-11)13(14(18)15(19)20)10-3-7-12(17)8-4-10/h1-8,13-14H,18H2,(H,19,20)/t14-/m0/s1. The van der Waals surface area contributed by atoms with Crippen molar-refractivity contribution in [3.05, 3.63) is 71.3 Å². The van der Waals surface area contributed by atoms with Crippen molar-refractivity contribution in [2.75, 3.05) is 0 Å². The van der Waals surface area contributed by atoms with Crippen molar-refractivity contribution < 1.29 is 18.7 Å². The van der Waals surface area contributed by atoms with Crippen LogP contribution in [0.5, 0.6) is 0 Å². The van der Waals surface area contributed by atoms with Crippen LogP contribution < -0.4 is 5.73 Å². The first kappa shape index (κ1) is 14.1. The fraction of sp³-hybridized carbons (Fsp3) is 0.133. The highest BCUT2D eigenvalue weighted by Gasteiger charge is 2.27. The molecule has 2 aromatic carbocycles. The van der Waals surface area contributed by atoms with E-state index in [9.17, 15) is 13.6 Å². The Morgan fingerprint density at radius 2 is 1.25 bits per heavy atom. The van der Waals surface area contributed by atoms with Crippen molar-refractivity contribution in [1.29, 1.82) is 0 Å². The topological polar surface area (TPSA) is 63.3 Å². The monoisotopic (exact) mass is 277 g/mol. The molecule has 1 atom stereocenters. The van der Waals surface area contributed by atoms with Crippen molar-refractivity contribution in [1.82, 2.24) is 0 Å². The van der Waals surface area contributed by atoms with Gasteiger partial charge >= 0.3 is 5.97 Å². The predicted octanol–water partition coefficient (Wildman–Crippen LogP) is 2.51. The van der Waals surface area contributed by atoms with Gasteiger partial charge in [-0.1, -0.05) is 24.3 Å². The summed E-state index contributed by atoms with van der Waals surface area (Å²) >= 11 is 0. The molecular formula is C15H13F2NO2. The van der Waals surface area contributed by atoms with Crippen molar-refractivity contribution in [2.24, 2.45) is 5.73 Å². The van der Waals surface area contributed by atoms with Gasteiger partial charge in [0.1, 0.15) is 17.7 Å². The van der Waals surface area contributed by atoms with Crippen molar-refractivity contribution in [2.45, 2.75) is 12.0 Å². The van der Waals surface area contributed by atoms with E-state index in [4.69, 9.17) is 10.8 Å². The smallest absolute Gasteiger partial charge is 0.321 e. The van der Waals surface area contributed by atoms with E-state index in [0.717, 1.165) is 0 Å². The molecule has 0 saturated carbocycles. The fourth-order valence-corrected chi connectivity index (χ4v) is 2.09. The minimum atomic E-state index is -1.20. The number of hydrogen-bond acceptors (Lipinski definition) is 2. The second-order valence-corrected chi connectivity index (χ2v) is 4.44. The average molecular weight is 277 g/mol. The molecule has 3 nitrogen and oxygen atoms in total. The van der Waals surface area contributed by atoms with E-state index in [2.05, 4.69) is 0 Å². The summed E-state index contributed by atoms with van der Waals surface area (Å²) in [6, 6.07) is 9.66. The largest absolute Gasteiger partial charge is 0.480 e. The normalized spacial score (nSPS) is 12.4. The van der Waals surface area contributed by atoms with Crippen LogP contribution in [0.15, 0.2) is 48.5 Å². The van der Waals surface area contributed by atoms with Crippen molar-refractivity contribution in [3.63, 3.8) is 0 Å². The molecule has 0 aliphatic heterocycles. The molecule has 0 unspecified atom stereocenters. The van der Waals surface area contributed by atoms with Crippen LogP contribution in [0.25, 0.3) is 0 Å². The molecule has 0 radical (unpaired) electrons. The van der Waals surface area contributed by atoms with Gasteiger partial charge in [-0.15, -0.1) is 0 Å². The molecule has 0 saturated heterocycles. The van der Waals surface area contributed by atoms with E-state index < -0.39 is 29.6 Å². The van der Waals surface area contributed by atoms with Gasteiger partial charge in [-0.2, -0.15) is 0 Å². The summed E-state index contributed by atoms with van der Waals surface area (Å²) in [5, 5.41) is 9.11. The van der Waals surface area contributed by atoms with E-state index in [1.54, 1.807) is 0 Å². The maximum atomic E-state index is 13.0. The van der Waals surface area contributed by atoms with Gasteiger partial charge in [-0.05, 0) is 35.4 Å². The number of hydrogen-bond donors (Lipinski definition) is 2. The fourth-order valence-electron chi connectivity index (χ4n) is 2.09. The Kier molecular flexibility index (Phi) is 4.10. The quantitative estimate of drug-likeness (QED) is 0.902. The first-order valence-electron chi connectivity index (χ1n) is 5.98. The first-order chi connectivity index (χ1) is 9.49. The van der Waals surface area contributed by atoms with Gasteiger partial charge in [-0.3, -0.25) is 4.79 Å². The number of carboxylic acid groups (broad SMARTS) is 1. The average Bonchev–Trinajstić information content (AvgIpc) is 2.43. The molecular weight excluding hydrogens is 264 g/mol. The number of rotatable bonds is 4. The van der Waals surface area contributed by atoms with Crippen LogP contribution in [0.3, 0.4) is 0 Å². The number of nitrogens with two attached hydrogens (primary N) is 1. The Morgan fingerprint density at radius 3 is 1.55 bits per heavy atom. The molecule has 5 heteroatoms. The molecule has 0 fully saturated rings. The van der Waals surface area contributed by atoms with Gasteiger partial charge < -0.3 is 10.8 Å². The third-order valence-electron chi connectivity index (χ3n) is 3.10. The molecule has 0 heterocycles. The summed E-state index contributed by atoms with van der Waals surface area (Å²) < 4.78 is 25.9. The van der Waals surface area contributed by atoms with Crippen molar-refractivity contribution in [3.8, 4) is 0 Å². The number of aliphatic carboxylic acids is 1. The molecule has 0 aliphatic carbocycles. The SMILES string of the molecule is N[C@H](C(=O)O)C(c1ccc(F)cc1)c1ccc(F)cc1. The zero-order valence-electron chi connectivity index (χ0n) is 10.5. The summed E-state index contributed by atoms with van der Waals surface area (Å²) in [6.45, 7) is 0. The van der Waals surface area contributed by atoms with Crippen LogP contribution in [-0.4, -0.2) is 17.1 Å². The minimum Gasteiger partial charge on any atom is -0.480 e. The lowest BCUT2D eigenvalue weighted by Gasteiger charge is -2.22. The van der Waals surface area contributed by atoms with E-state index in [0.29, 0.717) is 11.1 Å². The molecule has 3 N–H and O–H groups in total. The molecule has 0 spiro atoms. The Balaban J connectivity index is 2.46. The van der Waals surface area contributed by atoms with E-state index >= 15 is 0 Å². The van der Waals surface area contributed by atoms with Crippen LogP contribution in [0.4, 0.5) is 8.78 Å². The summed E-state index contributed by atoms with van der Waals surface area (Å²) in [5.41, 5.74) is 6.84. The number of carbonyl (C=O) groups is 1. The second-order valence-electron chi connectivity index (χ2n) is 4.44. The van der Waals surface area contributed by atoms with Gasteiger partial charge in [0.2, 0.25) is 0 Å². The Morgan fingerprint density at radius 1 is 0.900 bits per heavy atom. The zero-order valence-corrected chi connectivity index (χ0v) is 10.5. The molecule has 0 aliphatic rings. The van der Waals surface area contributed by atoms with E-state index in [-0.39, 0.29) is 0 Å². The summed E-state index contributed by atoms with van der Waals surface area (Å²) in [7, 11) is 0. The van der Waals surface area contributed by atoms with Crippen LogP contribution in [0.1, 0.15) is 17.0 Å². The van der Waals surface area contributed by atoms with Gasteiger partial charge in [0.15, 0.2) is 0 Å². The minimum absolute atomic E-state index is 0.421. The maximum Gasteiger partial charge on any atom is 0.321 e. The molecule has 2 rings (SSSR count). The Labute approximate surface area is 114 Å². The van der Waals surface area contributed by atoms with Gasteiger partial charge in [-0.25, -0.2) is 8.78 Å². The van der Waals surface area contributed by atoms with Crippen LogP contribution in [0, 0.1) is 11.6 Å². The molecule has 2 aromatic rings. The molecule has 0 bridgehead atoms. The highest BCUT2D eigenvalue weighted by atomic mass is 19.1. The lowest BCUT2D eigenvalue weighted by Crippen LogP contribution is -2.37. The second kappa shape index (κ2) is 5.79. The Bertz CT molecular complexity index is 551. The number of carboxylic acids is 1. The highest BCUT2D eigenvalue weighted by Crippen LogP contribution is 2.28. The summed E-state index contributed by atoms with van der Waals surface area (Å²) in [6.07, 6.45) is 0. The van der Waals surface area contributed by atoms with Crippen LogP contribution >= 0.6 is 0 Å². The molecule has 20 heavy (non-hydrogen) atoms. The summed E-state index contributed by atoms with van der Waals surface area (Å²) in [4.78, 5) is 11.1. The lowest BCUT2D eigenvalue weighted by molar-refractivity contribution is -0.138. The highest BCUT2D eigenvalue weighted by molar-refractivity contribution is 5.75. The van der Waals surface area contributed by atoms with Gasteiger partial charge in [0.05, 0.1) is 0 Å². The zero-order chi connectivity index (χ0) is 14.7. The van der Waals surface area contributed by atoms with E-state index in [1.165, 1.54) is 48.5 Å².